The first-order valence-corrected chi connectivity index (χ1v) is 5.84. The molecule has 2 rings (SSSR count). The van der Waals surface area contributed by atoms with E-state index in [1.54, 1.807) is 0 Å². The lowest BCUT2D eigenvalue weighted by atomic mass is 10.0. The van der Waals surface area contributed by atoms with E-state index in [4.69, 9.17) is 0 Å². The number of alkyl halides is 3. The second kappa shape index (κ2) is 4.63. The monoisotopic (exact) mass is 257 g/mol. The van der Waals surface area contributed by atoms with Crippen LogP contribution in [-0.4, -0.2) is 12.5 Å². The summed E-state index contributed by atoms with van der Waals surface area (Å²) in [4.78, 5) is 11.7. The lowest BCUT2D eigenvalue weighted by Crippen LogP contribution is -2.26. The van der Waals surface area contributed by atoms with Gasteiger partial charge in [-0.05, 0) is 43.4 Å². The van der Waals surface area contributed by atoms with Gasteiger partial charge < -0.3 is 5.32 Å². The van der Waals surface area contributed by atoms with Crippen molar-refractivity contribution >= 4 is 5.91 Å². The van der Waals surface area contributed by atoms with Gasteiger partial charge >= 0.3 is 6.18 Å². The molecule has 0 bridgehead atoms. The van der Waals surface area contributed by atoms with Gasteiger partial charge in [0.2, 0.25) is 0 Å². The first-order valence-electron chi connectivity index (χ1n) is 5.84. The fourth-order valence-electron chi connectivity index (χ4n) is 1.73. The van der Waals surface area contributed by atoms with Crippen molar-refractivity contribution in [2.45, 2.75) is 25.9 Å². The highest BCUT2D eigenvalue weighted by atomic mass is 19.4. The number of carbonyl (C=O) groups excluding carboxylic acids is 1. The van der Waals surface area contributed by atoms with Crippen LogP contribution in [0.25, 0.3) is 0 Å². The molecule has 98 valence electrons. The minimum atomic E-state index is -4.42. The van der Waals surface area contributed by atoms with E-state index in [0.717, 1.165) is 18.9 Å². The minimum absolute atomic E-state index is 0.0635. The number of benzene rings is 1. The summed E-state index contributed by atoms with van der Waals surface area (Å²) in [5.41, 5.74) is -0.559. The Morgan fingerprint density at radius 2 is 2.06 bits per heavy atom. The Morgan fingerprint density at radius 1 is 1.39 bits per heavy atom. The quantitative estimate of drug-likeness (QED) is 0.885. The summed E-state index contributed by atoms with van der Waals surface area (Å²) in [6.07, 6.45) is -2.25. The molecule has 0 aromatic heterocycles. The predicted molar refractivity (Wildman–Crippen MR) is 61.2 cm³/mol. The van der Waals surface area contributed by atoms with Gasteiger partial charge in [0.1, 0.15) is 0 Å². The number of carbonyl (C=O) groups is 1. The van der Waals surface area contributed by atoms with E-state index in [0.29, 0.717) is 12.5 Å². The van der Waals surface area contributed by atoms with Crippen molar-refractivity contribution in [1.29, 1.82) is 0 Å². The van der Waals surface area contributed by atoms with Crippen LogP contribution in [0.1, 0.15) is 34.3 Å². The van der Waals surface area contributed by atoms with E-state index >= 15 is 0 Å². The summed E-state index contributed by atoms with van der Waals surface area (Å²) >= 11 is 0. The Labute approximate surface area is 103 Å². The number of amides is 1. The maximum Gasteiger partial charge on any atom is 0.416 e. The van der Waals surface area contributed by atoms with E-state index in [2.05, 4.69) is 5.32 Å². The standard InChI is InChI=1S/C13H14F3NO/c1-8-2-5-10(6-11(8)13(14,15)16)12(18)17-7-9-3-4-9/h2,5-6,9H,3-4,7H2,1H3,(H,17,18). The van der Waals surface area contributed by atoms with E-state index in [1.807, 2.05) is 0 Å². The molecule has 0 unspecified atom stereocenters. The highest BCUT2D eigenvalue weighted by Crippen LogP contribution is 2.32. The van der Waals surface area contributed by atoms with E-state index < -0.39 is 17.6 Å². The van der Waals surface area contributed by atoms with E-state index in [9.17, 15) is 18.0 Å². The molecule has 5 heteroatoms. The molecule has 18 heavy (non-hydrogen) atoms. The molecule has 1 aliphatic rings. The third-order valence-electron chi connectivity index (χ3n) is 3.05. The Hall–Kier alpha value is -1.52. The molecule has 1 fully saturated rings. The molecule has 0 heterocycles. The van der Waals surface area contributed by atoms with Gasteiger partial charge in [-0.3, -0.25) is 4.79 Å². The average Bonchev–Trinajstić information content (AvgIpc) is 3.08. The second-order valence-electron chi connectivity index (χ2n) is 4.68. The van der Waals surface area contributed by atoms with Gasteiger partial charge in [0.25, 0.3) is 5.91 Å². The fourth-order valence-corrected chi connectivity index (χ4v) is 1.73. The van der Waals surface area contributed by atoms with Gasteiger partial charge in [0, 0.05) is 12.1 Å². The van der Waals surface area contributed by atoms with Crippen LogP contribution < -0.4 is 5.32 Å². The van der Waals surface area contributed by atoms with Crippen molar-refractivity contribution in [3.8, 4) is 0 Å². The average molecular weight is 257 g/mol. The summed E-state index contributed by atoms with van der Waals surface area (Å²) < 4.78 is 38.1. The van der Waals surface area contributed by atoms with Crippen LogP contribution >= 0.6 is 0 Å². The lowest BCUT2D eigenvalue weighted by molar-refractivity contribution is -0.138. The molecular weight excluding hydrogens is 243 g/mol. The largest absolute Gasteiger partial charge is 0.416 e. The van der Waals surface area contributed by atoms with Crippen LogP contribution in [0, 0.1) is 12.8 Å². The zero-order chi connectivity index (χ0) is 13.3. The zero-order valence-electron chi connectivity index (χ0n) is 9.97. The number of aryl methyl sites for hydroxylation is 1. The minimum Gasteiger partial charge on any atom is -0.352 e. The summed E-state index contributed by atoms with van der Waals surface area (Å²) in [6.45, 7) is 1.93. The maximum absolute atomic E-state index is 12.7. The fraction of sp³-hybridized carbons (Fsp3) is 0.462. The molecule has 1 amide bonds. The van der Waals surface area contributed by atoms with Crippen LogP contribution in [0.15, 0.2) is 18.2 Å². The molecule has 0 saturated heterocycles. The van der Waals surface area contributed by atoms with Gasteiger partial charge in [-0.25, -0.2) is 0 Å². The SMILES string of the molecule is Cc1ccc(C(=O)NCC2CC2)cc1C(F)(F)F. The summed E-state index contributed by atoms with van der Waals surface area (Å²) in [5.74, 6) is 0.0638. The van der Waals surface area contributed by atoms with Crippen LogP contribution in [0.2, 0.25) is 0 Å². The Bertz CT molecular complexity index is 464. The molecule has 0 spiro atoms. The third kappa shape index (κ3) is 3.03. The van der Waals surface area contributed by atoms with Crippen molar-refractivity contribution in [3.63, 3.8) is 0 Å². The molecule has 1 aliphatic carbocycles. The highest BCUT2D eigenvalue weighted by molar-refractivity contribution is 5.94. The Morgan fingerprint density at radius 3 is 2.61 bits per heavy atom. The van der Waals surface area contributed by atoms with Crippen molar-refractivity contribution in [1.82, 2.24) is 5.32 Å². The number of rotatable bonds is 3. The molecule has 1 saturated carbocycles. The first-order chi connectivity index (χ1) is 8.38. The molecule has 1 N–H and O–H groups in total. The number of hydrogen-bond acceptors (Lipinski definition) is 1. The first kappa shape index (κ1) is 12.9. The van der Waals surface area contributed by atoms with Gasteiger partial charge in [0.15, 0.2) is 0 Å². The third-order valence-corrected chi connectivity index (χ3v) is 3.05. The van der Waals surface area contributed by atoms with Crippen molar-refractivity contribution in [2.75, 3.05) is 6.54 Å². The predicted octanol–water partition coefficient (Wildman–Crippen LogP) is 3.15. The van der Waals surface area contributed by atoms with Crippen molar-refractivity contribution < 1.29 is 18.0 Å². The zero-order valence-corrected chi connectivity index (χ0v) is 9.97. The molecule has 0 atom stereocenters. The molecule has 2 nitrogen and oxygen atoms in total. The van der Waals surface area contributed by atoms with Crippen molar-refractivity contribution in [2.24, 2.45) is 5.92 Å². The Kier molecular flexibility index (Phi) is 3.32. The second-order valence-corrected chi connectivity index (χ2v) is 4.68. The summed E-state index contributed by atoms with van der Waals surface area (Å²) in [7, 11) is 0. The van der Waals surface area contributed by atoms with Crippen LogP contribution in [0.5, 0.6) is 0 Å². The van der Waals surface area contributed by atoms with E-state index in [-0.39, 0.29) is 11.1 Å². The van der Waals surface area contributed by atoms with Gasteiger partial charge in [-0.2, -0.15) is 13.2 Å². The molecule has 1 aromatic rings. The molecule has 0 aliphatic heterocycles. The maximum atomic E-state index is 12.7. The van der Waals surface area contributed by atoms with Gasteiger partial charge in [-0.1, -0.05) is 6.07 Å². The van der Waals surface area contributed by atoms with Gasteiger partial charge in [0.05, 0.1) is 5.56 Å². The van der Waals surface area contributed by atoms with Gasteiger partial charge in [-0.15, -0.1) is 0 Å². The summed E-state index contributed by atoms with van der Waals surface area (Å²) in [6, 6.07) is 3.67. The topological polar surface area (TPSA) is 29.1 Å². The number of halogens is 3. The summed E-state index contributed by atoms with van der Waals surface area (Å²) in [5, 5.41) is 2.65. The highest BCUT2D eigenvalue weighted by Gasteiger charge is 2.33. The van der Waals surface area contributed by atoms with E-state index in [1.165, 1.54) is 19.1 Å². The normalized spacial score (nSPS) is 15.6. The number of nitrogens with one attached hydrogen (secondary N) is 1. The lowest BCUT2D eigenvalue weighted by Gasteiger charge is -2.12. The number of hydrogen-bond donors (Lipinski definition) is 1. The van der Waals surface area contributed by atoms with Crippen LogP contribution in [-0.2, 0) is 6.18 Å². The van der Waals surface area contributed by atoms with Crippen LogP contribution in [0.4, 0.5) is 13.2 Å². The Balaban J connectivity index is 2.14. The van der Waals surface area contributed by atoms with Crippen LogP contribution in [0.3, 0.4) is 0 Å². The molecule has 1 aromatic carbocycles. The molecular formula is C13H14F3NO. The smallest absolute Gasteiger partial charge is 0.352 e. The van der Waals surface area contributed by atoms with Crippen molar-refractivity contribution in [3.05, 3.63) is 34.9 Å². The molecule has 0 radical (unpaired) electrons.